The maximum atomic E-state index is 11.4. The molecule has 0 saturated heterocycles. The molecule has 116 valence electrons. The molecule has 0 atom stereocenters. The molecular formula is C20H25NO. The van der Waals surface area contributed by atoms with Crippen LogP contribution in [0.5, 0.6) is 0 Å². The van der Waals surface area contributed by atoms with Gasteiger partial charge in [-0.3, -0.25) is 4.79 Å². The van der Waals surface area contributed by atoms with Gasteiger partial charge in [0.05, 0.1) is 0 Å². The molecule has 0 aromatic heterocycles. The third kappa shape index (κ3) is 3.22. The Morgan fingerprint density at radius 2 is 1.36 bits per heavy atom. The van der Waals surface area contributed by atoms with Gasteiger partial charge < -0.3 is 5.73 Å². The summed E-state index contributed by atoms with van der Waals surface area (Å²) in [5.41, 5.74) is 8.71. The standard InChI is InChI=1S/C20H25NO/c1-19(2,14-18(21)22)20(3,4)17-12-10-16(11-13-17)15-8-6-5-7-9-15/h5-13H,14H2,1-4H3,(H2,21,22). The van der Waals surface area contributed by atoms with Gasteiger partial charge in [-0.05, 0) is 27.5 Å². The molecule has 0 spiro atoms. The highest BCUT2D eigenvalue weighted by molar-refractivity contribution is 5.74. The lowest BCUT2D eigenvalue weighted by molar-refractivity contribution is -0.120. The van der Waals surface area contributed by atoms with Gasteiger partial charge in [0.1, 0.15) is 0 Å². The van der Waals surface area contributed by atoms with Crippen molar-refractivity contribution in [2.75, 3.05) is 0 Å². The average molecular weight is 295 g/mol. The quantitative estimate of drug-likeness (QED) is 0.865. The Bertz CT molecular complexity index is 639. The van der Waals surface area contributed by atoms with E-state index < -0.39 is 0 Å². The number of benzene rings is 2. The van der Waals surface area contributed by atoms with Crippen molar-refractivity contribution < 1.29 is 4.79 Å². The van der Waals surface area contributed by atoms with Crippen LogP contribution in [0.15, 0.2) is 54.6 Å². The molecule has 0 saturated carbocycles. The van der Waals surface area contributed by atoms with Gasteiger partial charge in [0.2, 0.25) is 5.91 Å². The number of carbonyl (C=O) groups excluding carboxylic acids is 1. The number of carbonyl (C=O) groups is 1. The third-order valence-corrected chi connectivity index (χ3v) is 5.02. The molecule has 2 nitrogen and oxygen atoms in total. The minimum atomic E-state index is -0.251. The highest BCUT2D eigenvalue weighted by atomic mass is 16.1. The van der Waals surface area contributed by atoms with Crippen LogP contribution in [0, 0.1) is 5.41 Å². The molecule has 0 heterocycles. The zero-order valence-corrected chi connectivity index (χ0v) is 13.9. The topological polar surface area (TPSA) is 43.1 Å². The summed E-state index contributed by atoms with van der Waals surface area (Å²) in [7, 11) is 0. The van der Waals surface area contributed by atoms with Crippen molar-refractivity contribution in [2.45, 2.75) is 39.5 Å². The van der Waals surface area contributed by atoms with Crippen LogP contribution in [-0.4, -0.2) is 5.91 Å². The van der Waals surface area contributed by atoms with Crippen LogP contribution in [0.4, 0.5) is 0 Å². The molecule has 2 heteroatoms. The maximum Gasteiger partial charge on any atom is 0.217 e. The smallest absolute Gasteiger partial charge is 0.217 e. The van der Waals surface area contributed by atoms with Crippen molar-refractivity contribution in [1.29, 1.82) is 0 Å². The van der Waals surface area contributed by atoms with E-state index >= 15 is 0 Å². The average Bonchev–Trinajstić information content (AvgIpc) is 2.47. The van der Waals surface area contributed by atoms with E-state index in [1.165, 1.54) is 16.7 Å². The van der Waals surface area contributed by atoms with Gasteiger partial charge in [0.25, 0.3) is 0 Å². The van der Waals surface area contributed by atoms with Crippen LogP contribution in [0.3, 0.4) is 0 Å². The fraction of sp³-hybridized carbons (Fsp3) is 0.350. The molecule has 0 radical (unpaired) electrons. The largest absolute Gasteiger partial charge is 0.370 e. The highest BCUT2D eigenvalue weighted by Gasteiger charge is 2.39. The first-order valence-corrected chi connectivity index (χ1v) is 7.68. The number of nitrogens with two attached hydrogens (primary N) is 1. The van der Waals surface area contributed by atoms with Gasteiger partial charge in [-0.15, -0.1) is 0 Å². The highest BCUT2D eigenvalue weighted by Crippen LogP contribution is 2.43. The van der Waals surface area contributed by atoms with E-state index in [1.807, 2.05) is 18.2 Å². The zero-order valence-electron chi connectivity index (χ0n) is 13.9. The molecule has 0 unspecified atom stereocenters. The van der Waals surface area contributed by atoms with Crippen molar-refractivity contribution in [3.63, 3.8) is 0 Å². The van der Waals surface area contributed by atoms with E-state index in [1.54, 1.807) is 0 Å². The first-order chi connectivity index (χ1) is 10.2. The number of amides is 1. The van der Waals surface area contributed by atoms with E-state index in [-0.39, 0.29) is 16.7 Å². The normalized spacial score (nSPS) is 12.2. The van der Waals surface area contributed by atoms with Crippen LogP contribution in [0.2, 0.25) is 0 Å². The SMILES string of the molecule is CC(C)(CC(N)=O)C(C)(C)c1ccc(-c2ccccc2)cc1. The predicted molar refractivity (Wildman–Crippen MR) is 92.5 cm³/mol. The van der Waals surface area contributed by atoms with Crippen LogP contribution >= 0.6 is 0 Å². The first-order valence-electron chi connectivity index (χ1n) is 7.68. The molecule has 2 aromatic carbocycles. The lowest BCUT2D eigenvalue weighted by Gasteiger charge is -2.41. The second-order valence-electron chi connectivity index (χ2n) is 7.10. The maximum absolute atomic E-state index is 11.4. The van der Waals surface area contributed by atoms with Gasteiger partial charge in [-0.25, -0.2) is 0 Å². The number of hydrogen-bond acceptors (Lipinski definition) is 1. The van der Waals surface area contributed by atoms with Gasteiger partial charge >= 0.3 is 0 Å². The number of rotatable bonds is 5. The fourth-order valence-corrected chi connectivity index (χ4v) is 2.76. The number of hydrogen-bond donors (Lipinski definition) is 1. The summed E-state index contributed by atoms with van der Waals surface area (Å²) < 4.78 is 0. The second-order valence-corrected chi connectivity index (χ2v) is 7.10. The summed E-state index contributed by atoms with van der Waals surface area (Å²) >= 11 is 0. The molecule has 0 fully saturated rings. The van der Waals surface area contributed by atoms with Crippen LogP contribution in [0.25, 0.3) is 11.1 Å². The minimum absolute atomic E-state index is 0.142. The monoisotopic (exact) mass is 295 g/mol. The van der Waals surface area contributed by atoms with Gasteiger partial charge in [0, 0.05) is 6.42 Å². The van der Waals surface area contributed by atoms with E-state index in [4.69, 9.17) is 5.73 Å². The molecule has 2 rings (SSSR count). The van der Waals surface area contributed by atoms with Gasteiger partial charge in [-0.2, -0.15) is 0 Å². The molecule has 0 bridgehead atoms. The molecule has 0 aliphatic rings. The lowest BCUT2D eigenvalue weighted by atomic mass is 9.62. The molecule has 0 aliphatic carbocycles. The predicted octanol–water partition coefficient (Wildman–Crippen LogP) is 4.53. The minimum Gasteiger partial charge on any atom is -0.370 e. The summed E-state index contributed by atoms with van der Waals surface area (Å²) in [5, 5.41) is 0. The summed E-state index contributed by atoms with van der Waals surface area (Å²) in [4.78, 5) is 11.4. The lowest BCUT2D eigenvalue weighted by Crippen LogP contribution is -2.39. The second kappa shape index (κ2) is 5.96. The van der Waals surface area contributed by atoms with Crippen LogP contribution in [-0.2, 0) is 10.2 Å². The molecule has 2 aromatic rings. The Balaban J connectivity index is 2.31. The molecule has 1 amide bonds. The summed E-state index contributed by atoms with van der Waals surface area (Å²) in [6, 6.07) is 18.9. The van der Waals surface area contributed by atoms with E-state index in [0.717, 1.165) is 0 Å². The fourth-order valence-electron chi connectivity index (χ4n) is 2.76. The Morgan fingerprint density at radius 3 is 1.86 bits per heavy atom. The summed E-state index contributed by atoms with van der Waals surface area (Å²) in [6.07, 6.45) is 0.375. The summed E-state index contributed by atoms with van der Waals surface area (Å²) in [5.74, 6) is -0.251. The molecule has 2 N–H and O–H groups in total. The summed E-state index contributed by atoms with van der Waals surface area (Å²) in [6.45, 7) is 8.55. The van der Waals surface area contributed by atoms with Gasteiger partial charge in [0.15, 0.2) is 0 Å². The number of primary amides is 1. The molecule has 0 aliphatic heterocycles. The van der Waals surface area contributed by atoms with Crippen molar-refractivity contribution in [3.8, 4) is 11.1 Å². The van der Waals surface area contributed by atoms with Crippen LogP contribution < -0.4 is 5.73 Å². The Hall–Kier alpha value is -2.09. The Morgan fingerprint density at radius 1 is 0.864 bits per heavy atom. The Kier molecular flexibility index (Phi) is 4.41. The van der Waals surface area contributed by atoms with Crippen molar-refractivity contribution in [3.05, 3.63) is 60.2 Å². The van der Waals surface area contributed by atoms with Crippen LogP contribution in [0.1, 0.15) is 39.7 Å². The Labute approximate surface area is 133 Å². The third-order valence-electron chi connectivity index (χ3n) is 5.02. The van der Waals surface area contributed by atoms with E-state index in [9.17, 15) is 4.79 Å². The van der Waals surface area contributed by atoms with Crippen molar-refractivity contribution in [2.24, 2.45) is 11.1 Å². The van der Waals surface area contributed by atoms with E-state index in [0.29, 0.717) is 6.42 Å². The van der Waals surface area contributed by atoms with Crippen molar-refractivity contribution >= 4 is 5.91 Å². The zero-order chi connectivity index (χ0) is 16.4. The first kappa shape index (κ1) is 16.3. The van der Waals surface area contributed by atoms with Crippen molar-refractivity contribution in [1.82, 2.24) is 0 Å². The molecular weight excluding hydrogens is 270 g/mol. The molecule has 22 heavy (non-hydrogen) atoms. The van der Waals surface area contributed by atoms with Gasteiger partial charge in [-0.1, -0.05) is 82.3 Å². The van der Waals surface area contributed by atoms with E-state index in [2.05, 4.69) is 64.1 Å².